The van der Waals surface area contributed by atoms with Gasteiger partial charge in [-0.3, -0.25) is 9.69 Å². The van der Waals surface area contributed by atoms with Crippen LogP contribution in [0.4, 0.5) is 0 Å². The third-order valence-electron chi connectivity index (χ3n) is 4.00. The number of thiophene rings is 1. The van der Waals surface area contributed by atoms with Crippen LogP contribution in [-0.2, 0) is 13.1 Å². The fraction of sp³-hybridized carbons (Fsp3) is 0.158. The molecule has 3 aromatic heterocycles. The first-order chi connectivity index (χ1) is 12.6. The van der Waals surface area contributed by atoms with Gasteiger partial charge in [0, 0.05) is 10.6 Å². The summed E-state index contributed by atoms with van der Waals surface area (Å²) in [6.07, 6.45) is 0. The molecule has 0 amide bonds. The van der Waals surface area contributed by atoms with Gasteiger partial charge in [-0.15, -0.1) is 11.3 Å². The van der Waals surface area contributed by atoms with Crippen LogP contribution < -0.4 is 5.56 Å². The molecule has 0 fully saturated rings. The number of rotatable bonds is 5. The Balaban J connectivity index is 1.46. The molecule has 4 rings (SSSR count). The molecular weight excluding hydrogens is 370 g/mol. The number of hydrogen-bond donors (Lipinski definition) is 1. The van der Waals surface area contributed by atoms with E-state index in [1.165, 1.54) is 11.3 Å². The highest BCUT2D eigenvalue weighted by Crippen LogP contribution is 2.24. The lowest BCUT2D eigenvalue weighted by Crippen LogP contribution is -2.21. The van der Waals surface area contributed by atoms with Crippen LogP contribution in [0, 0.1) is 0 Å². The molecule has 0 bridgehead atoms. The van der Waals surface area contributed by atoms with Crippen molar-refractivity contribution in [3.05, 3.63) is 74.8 Å². The Hall–Kier alpha value is -2.41. The van der Waals surface area contributed by atoms with Crippen LogP contribution in [0.1, 0.15) is 11.6 Å². The summed E-state index contributed by atoms with van der Waals surface area (Å²) in [6, 6.07) is 13.3. The zero-order valence-corrected chi connectivity index (χ0v) is 15.6. The van der Waals surface area contributed by atoms with Crippen LogP contribution in [0.3, 0.4) is 0 Å². The van der Waals surface area contributed by atoms with Gasteiger partial charge in [-0.2, -0.15) is 0 Å². The fourth-order valence-corrected chi connectivity index (χ4v) is 3.66. The Morgan fingerprint density at radius 1 is 1.15 bits per heavy atom. The van der Waals surface area contributed by atoms with Gasteiger partial charge in [0.25, 0.3) is 5.56 Å². The summed E-state index contributed by atoms with van der Waals surface area (Å²) in [5, 5.41) is 2.57. The Labute approximate surface area is 158 Å². The number of aromatic amines is 1. The first-order valence-corrected chi connectivity index (χ1v) is 9.34. The minimum absolute atomic E-state index is 0.0866. The Morgan fingerprint density at radius 2 is 1.96 bits per heavy atom. The van der Waals surface area contributed by atoms with E-state index in [1.54, 1.807) is 0 Å². The molecule has 0 atom stereocenters. The van der Waals surface area contributed by atoms with Crippen molar-refractivity contribution in [1.82, 2.24) is 14.9 Å². The molecule has 0 aliphatic heterocycles. The fourth-order valence-electron chi connectivity index (χ4n) is 2.81. The Kier molecular flexibility index (Phi) is 4.63. The molecular formula is C19H16ClN3O2S. The summed E-state index contributed by atoms with van der Waals surface area (Å²) in [6.45, 7) is 1.14. The van der Waals surface area contributed by atoms with E-state index in [2.05, 4.69) is 9.97 Å². The number of nitrogens with zero attached hydrogens (tertiary/aromatic N) is 2. The lowest BCUT2D eigenvalue weighted by atomic mass is 10.2. The predicted octanol–water partition coefficient (Wildman–Crippen LogP) is 4.53. The molecule has 1 aromatic carbocycles. The van der Waals surface area contributed by atoms with Crippen molar-refractivity contribution in [3.8, 4) is 11.3 Å². The molecule has 26 heavy (non-hydrogen) atoms. The van der Waals surface area contributed by atoms with Crippen molar-refractivity contribution in [2.75, 3.05) is 7.05 Å². The molecule has 132 valence electrons. The summed E-state index contributed by atoms with van der Waals surface area (Å²) >= 11 is 7.33. The maximum absolute atomic E-state index is 12.1. The van der Waals surface area contributed by atoms with Crippen LogP contribution >= 0.6 is 22.9 Å². The van der Waals surface area contributed by atoms with Crippen molar-refractivity contribution >= 4 is 33.2 Å². The van der Waals surface area contributed by atoms with Crippen molar-refractivity contribution in [2.45, 2.75) is 13.1 Å². The van der Waals surface area contributed by atoms with Gasteiger partial charge < -0.3 is 9.40 Å². The SMILES string of the molecule is CN(Cc1nc2ccsc2c(=O)[nH]1)Cc1ccc(-c2ccc(Cl)cc2)o1. The van der Waals surface area contributed by atoms with Gasteiger partial charge in [-0.1, -0.05) is 11.6 Å². The van der Waals surface area contributed by atoms with Crippen LogP contribution in [0.2, 0.25) is 5.02 Å². The van der Waals surface area contributed by atoms with Crippen molar-refractivity contribution < 1.29 is 4.42 Å². The van der Waals surface area contributed by atoms with Gasteiger partial charge >= 0.3 is 0 Å². The molecule has 0 spiro atoms. The average molecular weight is 386 g/mol. The highest BCUT2D eigenvalue weighted by molar-refractivity contribution is 7.17. The van der Waals surface area contributed by atoms with Crippen LogP contribution in [0.25, 0.3) is 21.5 Å². The molecule has 1 N–H and O–H groups in total. The molecule has 0 saturated carbocycles. The zero-order chi connectivity index (χ0) is 18.1. The Bertz CT molecular complexity index is 1100. The molecule has 4 aromatic rings. The largest absolute Gasteiger partial charge is 0.460 e. The van der Waals surface area contributed by atoms with Gasteiger partial charge in [0.15, 0.2) is 0 Å². The summed E-state index contributed by atoms with van der Waals surface area (Å²) in [5.41, 5.74) is 1.64. The van der Waals surface area contributed by atoms with E-state index in [1.807, 2.05) is 59.8 Å². The van der Waals surface area contributed by atoms with E-state index in [4.69, 9.17) is 16.0 Å². The molecule has 0 unspecified atom stereocenters. The molecule has 0 radical (unpaired) electrons. The van der Waals surface area contributed by atoms with Crippen molar-refractivity contribution in [1.29, 1.82) is 0 Å². The third kappa shape index (κ3) is 3.58. The number of H-pyrrole nitrogens is 1. The lowest BCUT2D eigenvalue weighted by molar-refractivity contribution is 0.283. The number of hydrogen-bond acceptors (Lipinski definition) is 5. The van der Waals surface area contributed by atoms with E-state index < -0.39 is 0 Å². The highest BCUT2D eigenvalue weighted by atomic mass is 35.5. The molecule has 0 aliphatic rings. The number of halogens is 1. The van der Waals surface area contributed by atoms with Crippen molar-refractivity contribution in [3.63, 3.8) is 0 Å². The number of fused-ring (bicyclic) bond motifs is 1. The standard InChI is InChI=1S/C19H16ClN3O2S/c1-23(11-17-21-15-8-9-26-18(15)19(24)22-17)10-14-6-7-16(25-14)12-2-4-13(20)5-3-12/h2-9H,10-11H2,1H3,(H,21,22,24). The van der Waals surface area contributed by atoms with Crippen LogP contribution in [0.5, 0.6) is 0 Å². The molecule has 3 heterocycles. The third-order valence-corrected chi connectivity index (χ3v) is 5.15. The minimum Gasteiger partial charge on any atom is -0.460 e. The molecule has 0 aliphatic carbocycles. The second-order valence-electron chi connectivity index (χ2n) is 6.09. The number of benzene rings is 1. The van der Waals surface area contributed by atoms with Crippen LogP contribution in [0.15, 0.2) is 57.1 Å². The second-order valence-corrected chi connectivity index (χ2v) is 7.45. The number of furan rings is 1. The topological polar surface area (TPSA) is 62.1 Å². The quantitative estimate of drug-likeness (QED) is 0.548. The summed E-state index contributed by atoms with van der Waals surface area (Å²) in [4.78, 5) is 21.5. The van der Waals surface area contributed by atoms with Gasteiger partial charge in [-0.05, 0) is 54.9 Å². The highest BCUT2D eigenvalue weighted by Gasteiger charge is 2.10. The Morgan fingerprint density at radius 3 is 2.77 bits per heavy atom. The van der Waals surface area contributed by atoms with E-state index >= 15 is 0 Å². The first kappa shape index (κ1) is 17.0. The summed E-state index contributed by atoms with van der Waals surface area (Å²) < 4.78 is 6.59. The molecule has 5 nitrogen and oxygen atoms in total. The van der Waals surface area contributed by atoms with E-state index in [0.717, 1.165) is 22.6 Å². The van der Waals surface area contributed by atoms with E-state index in [0.29, 0.717) is 28.6 Å². The summed E-state index contributed by atoms with van der Waals surface area (Å²) in [7, 11) is 1.96. The minimum atomic E-state index is -0.0866. The zero-order valence-electron chi connectivity index (χ0n) is 14.0. The van der Waals surface area contributed by atoms with Gasteiger partial charge in [-0.25, -0.2) is 4.98 Å². The number of aromatic nitrogens is 2. The molecule has 0 saturated heterocycles. The lowest BCUT2D eigenvalue weighted by Gasteiger charge is -2.14. The van der Waals surface area contributed by atoms with Crippen molar-refractivity contribution in [2.24, 2.45) is 0 Å². The predicted molar refractivity (Wildman–Crippen MR) is 105 cm³/mol. The maximum Gasteiger partial charge on any atom is 0.268 e. The average Bonchev–Trinajstić information content (AvgIpc) is 3.25. The first-order valence-electron chi connectivity index (χ1n) is 8.08. The number of nitrogens with one attached hydrogen (secondary N) is 1. The van der Waals surface area contributed by atoms with Crippen LogP contribution in [-0.4, -0.2) is 21.9 Å². The van der Waals surface area contributed by atoms with E-state index in [-0.39, 0.29) is 5.56 Å². The smallest absolute Gasteiger partial charge is 0.268 e. The van der Waals surface area contributed by atoms with Gasteiger partial charge in [0.1, 0.15) is 22.0 Å². The normalized spacial score (nSPS) is 11.5. The van der Waals surface area contributed by atoms with Gasteiger partial charge in [0.05, 0.1) is 18.6 Å². The maximum atomic E-state index is 12.1. The summed E-state index contributed by atoms with van der Waals surface area (Å²) in [5.74, 6) is 2.29. The molecule has 7 heteroatoms. The monoisotopic (exact) mass is 385 g/mol. The second kappa shape index (κ2) is 7.07. The van der Waals surface area contributed by atoms with Gasteiger partial charge in [0.2, 0.25) is 0 Å². The van der Waals surface area contributed by atoms with E-state index in [9.17, 15) is 4.79 Å².